The molecule has 0 unspecified atom stereocenters. The van der Waals surface area contributed by atoms with Gasteiger partial charge in [-0.05, 0) is 52.8 Å². The smallest absolute Gasteiger partial charge is 0.288 e. The predicted octanol–water partition coefficient (Wildman–Crippen LogP) is 6.74. The zero-order valence-corrected chi connectivity index (χ0v) is 16.3. The average Bonchev–Trinajstić information content (AvgIpc) is 3.24. The number of nitrogens with zero attached hydrogens (tertiary/aromatic N) is 1. The average molecular weight is 403 g/mol. The zero-order chi connectivity index (χ0) is 20.0. The van der Waals surface area contributed by atoms with Crippen molar-refractivity contribution in [1.82, 2.24) is 0 Å². The molecule has 1 N–H and O–H groups in total. The fourth-order valence-electron chi connectivity index (χ4n) is 4.60. The van der Waals surface area contributed by atoms with E-state index in [4.69, 9.17) is 11.6 Å². The zero-order valence-electron chi connectivity index (χ0n) is 15.6. The van der Waals surface area contributed by atoms with E-state index in [1.807, 2.05) is 12.1 Å². The summed E-state index contributed by atoms with van der Waals surface area (Å²) in [6.45, 7) is 0. The van der Waals surface area contributed by atoms with Crippen LogP contribution in [-0.2, 0) is 0 Å². The SMILES string of the molecule is O=[N+]([O-])c1cc([C@@H]2Nc3ccc(-c4ccccc4)cc3[C@H]3C=CC[C@@H]32)ccc1Cl. The maximum Gasteiger partial charge on any atom is 0.288 e. The molecule has 1 aliphatic heterocycles. The van der Waals surface area contributed by atoms with E-state index in [1.54, 1.807) is 12.1 Å². The Labute approximate surface area is 174 Å². The van der Waals surface area contributed by atoms with Crippen LogP contribution in [0, 0.1) is 16.0 Å². The Morgan fingerprint density at radius 3 is 2.62 bits per heavy atom. The lowest BCUT2D eigenvalue weighted by Gasteiger charge is -2.37. The summed E-state index contributed by atoms with van der Waals surface area (Å²) >= 11 is 6.02. The highest BCUT2D eigenvalue weighted by atomic mass is 35.5. The van der Waals surface area contributed by atoms with Crippen molar-refractivity contribution in [3.05, 3.63) is 105 Å². The van der Waals surface area contributed by atoms with Crippen LogP contribution in [0.5, 0.6) is 0 Å². The molecule has 0 saturated carbocycles. The molecule has 0 saturated heterocycles. The first-order chi connectivity index (χ1) is 14.1. The number of halogens is 1. The van der Waals surface area contributed by atoms with Gasteiger partial charge in [0.1, 0.15) is 5.02 Å². The number of nitrogens with one attached hydrogen (secondary N) is 1. The van der Waals surface area contributed by atoms with Gasteiger partial charge in [0.25, 0.3) is 5.69 Å². The largest absolute Gasteiger partial charge is 0.378 e. The fourth-order valence-corrected chi connectivity index (χ4v) is 4.78. The quantitative estimate of drug-likeness (QED) is 0.300. The molecule has 4 nitrogen and oxygen atoms in total. The lowest BCUT2D eigenvalue weighted by molar-refractivity contribution is -0.384. The Balaban J connectivity index is 1.56. The number of anilines is 1. The van der Waals surface area contributed by atoms with Crippen LogP contribution < -0.4 is 5.32 Å². The van der Waals surface area contributed by atoms with Crippen molar-refractivity contribution in [2.75, 3.05) is 5.32 Å². The Morgan fingerprint density at radius 1 is 1.00 bits per heavy atom. The summed E-state index contributed by atoms with van der Waals surface area (Å²) in [4.78, 5) is 10.9. The van der Waals surface area contributed by atoms with E-state index in [0.29, 0.717) is 5.92 Å². The minimum atomic E-state index is -0.418. The monoisotopic (exact) mass is 402 g/mol. The van der Waals surface area contributed by atoms with E-state index in [-0.39, 0.29) is 22.7 Å². The number of fused-ring (bicyclic) bond motifs is 3. The second-order valence-corrected chi connectivity index (χ2v) is 8.02. The third-order valence-corrected chi connectivity index (χ3v) is 6.32. The maximum absolute atomic E-state index is 11.3. The third kappa shape index (κ3) is 3.10. The van der Waals surface area contributed by atoms with Gasteiger partial charge >= 0.3 is 0 Å². The van der Waals surface area contributed by atoms with E-state index in [9.17, 15) is 10.1 Å². The minimum absolute atomic E-state index is 0.000965. The highest BCUT2D eigenvalue weighted by molar-refractivity contribution is 6.32. The Hall–Kier alpha value is -3.11. The number of hydrogen-bond donors (Lipinski definition) is 1. The molecule has 0 radical (unpaired) electrons. The van der Waals surface area contributed by atoms with Gasteiger partial charge in [0.2, 0.25) is 0 Å². The van der Waals surface area contributed by atoms with Crippen LogP contribution in [0.2, 0.25) is 5.02 Å². The number of benzene rings is 3. The number of nitro benzene ring substituents is 1. The molecule has 0 amide bonds. The third-order valence-electron chi connectivity index (χ3n) is 6.00. The van der Waals surface area contributed by atoms with Crippen molar-refractivity contribution in [3.63, 3.8) is 0 Å². The molecule has 0 aromatic heterocycles. The topological polar surface area (TPSA) is 55.2 Å². The van der Waals surface area contributed by atoms with Crippen molar-refractivity contribution in [1.29, 1.82) is 0 Å². The lowest BCUT2D eigenvalue weighted by atomic mass is 9.76. The standard InChI is InChI=1S/C24H19ClN2O2/c25-21-11-9-17(14-23(21)27(28)29)24-19-8-4-7-18(19)20-13-16(10-12-22(20)26-24)15-5-2-1-3-6-15/h1-7,9-14,18-19,24,26H,8H2/t18-,19-,24-/m0/s1. The highest BCUT2D eigenvalue weighted by Gasteiger charge is 2.38. The van der Waals surface area contributed by atoms with Gasteiger partial charge in [0.15, 0.2) is 0 Å². The molecule has 2 aliphatic rings. The number of hydrogen-bond acceptors (Lipinski definition) is 3. The number of allylic oxidation sites excluding steroid dienone is 2. The Morgan fingerprint density at radius 2 is 1.83 bits per heavy atom. The van der Waals surface area contributed by atoms with Crippen molar-refractivity contribution in [2.45, 2.75) is 18.4 Å². The van der Waals surface area contributed by atoms with Gasteiger partial charge in [0, 0.05) is 17.7 Å². The highest BCUT2D eigenvalue weighted by Crippen LogP contribution is 2.51. The summed E-state index contributed by atoms with van der Waals surface area (Å²) in [6.07, 6.45) is 5.43. The second-order valence-electron chi connectivity index (χ2n) is 7.61. The van der Waals surface area contributed by atoms with E-state index < -0.39 is 4.92 Å². The van der Waals surface area contributed by atoms with Crippen LogP contribution in [0.3, 0.4) is 0 Å². The van der Waals surface area contributed by atoms with Gasteiger partial charge in [-0.15, -0.1) is 0 Å². The number of rotatable bonds is 3. The molecular formula is C24H19ClN2O2. The molecular weight excluding hydrogens is 384 g/mol. The van der Waals surface area contributed by atoms with Gasteiger partial charge in [-0.25, -0.2) is 0 Å². The van der Waals surface area contributed by atoms with Gasteiger partial charge in [0.05, 0.1) is 11.0 Å². The Kier molecular flexibility index (Phi) is 4.36. The summed E-state index contributed by atoms with van der Waals surface area (Å²) in [7, 11) is 0. The van der Waals surface area contributed by atoms with Crippen LogP contribution in [0.1, 0.15) is 29.5 Å². The summed E-state index contributed by atoms with van der Waals surface area (Å²) in [5.74, 6) is 0.601. The maximum atomic E-state index is 11.3. The summed E-state index contributed by atoms with van der Waals surface area (Å²) < 4.78 is 0. The molecule has 144 valence electrons. The molecule has 5 rings (SSSR count). The lowest BCUT2D eigenvalue weighted by Crippen LogP contribution is -2.29. The molecule has 1 aliphatic carbocycles. The van der Waals surface area contributed by atoms with Crippen LogP contribution in [-0.4, -0.2) is 4.92 Å². The Bertz CT molecular complexity index is 1130. The summed E-state index contributed by atoms with van der Waals surface area (Å²) in [5, 5.41) is 15.2. The molecule has 3 aromatic carbocycles. The molecule has 29 heavy (non-hydrogen) atoms. The predicted molar refractivity (Wildman–Crippen MR) is 116 cm³/mol. The molecule has 5 heteroatoms. The summed E-state index contributed by atoms with van der Waals surface area (Å²) in [5.41, 5.74) is 5.62. The molecule has 0 fully saturated rings. The molecule has 3 aromatic rings. The van der Waals surface area contributed by atoms with Gasteiger partial charge < -0.3 is 5.32 Å². The van der Waals surface area contributed by atoms with Crippen LogP contribution in [0.25, 0.3) is 11.1 Å². The van der Waals surface area contributed by atoms with E-state index in [2.05, 4.69) is 59.9 Å². The molecule has 0 spiro atoms. The van der Waals surface area contributed by atoms with Gasteiger partial charge in [-0.2, -0.15) is 0 Å². The first-order valence-corrected chi connectivity index (χ1v) is 10.1. The summed E-state index contributed by atoms with van der Waals surface area (Å²) in [6, 6.07) is 22.0. The first-order valence-electron chi connectivity index (χ1n) is 9.68. The van der Waals surface area contributed by atoms with Crippen LogP contribution in [0.15, 0.2) is 78.9 Å². The van der Waals surface area contributed by atoms with Crippen molar-refractivity contribution in [2.24, 2.45) is 5.92 Å². The van der Waals surface area contributed by atoms with E-state index in [0.717, 1.165) is 17.7 Å². The van der Waals surface area contributed by atoms with Crippen LogP contribution in [0.4, 0.5) is 11.4 Å². The van der Waals surface area contributed by atoms with Crippen LogP contribution >= 0.6 is 11.6 Å². The first kappa shape index (κ1) is 18.0. The van der Waals surface area contributed by atoms with Crippen molar-refractivity contribution < 1.29 is 4.92 Å². The molecule has 1 heterocycles. The fraction of sp³-hybridized carbons (Fsp3) is 0.167. The van der Waals surface area contributed by atoms with Crippen molar-refractivity contribution >= 4 is 23.0 Å². The van der Waals surface area contributed by atoms with Crippen molar-refractivity contribution in [3.8, 4) is 11.1 Å². The minimum Gasteiger partial charge on any atom is -0.378 e. The number of nitro groups is 1. The van der Waals surface area contributed by atoms with E-state index in [1.165, 1.54) is 16.7 Å². The molecule has 3 atom stereocenters. The normalized spacial score (nSPS) is 21.9. The van der Waals surface area contributed by atoms with Gasteiger partial charge in [-0.3, -0.25) is 10.1 Å². The van der Waals surface area contributed by atoms with Gasteiger partial charge in [-0.1, -0.05) is 66.2 Å². The molecule has 0 bridgehead atoms. The van der Waals surface area contributed by atoms with E-state index >= 15 is 0 Å². The second kappa shape index (κ2) is 7.05.